The summed E-state index contributed by atoms with van der Waals surface area (Å²) >= 11 is 1.24. The van der Waals surface area contributed by atoms with Crippen LogP contribution >= 0.6 is 23.7 Å². The van der Waals surface area contributed by atoms with E-state index < -0.39 is 10.0 Å². The molecule has 3 heterocycles. The van der Waals surface area contributed by atoms with Crippen LogP contribution in [0.3, 0.4) is 0 Å². The highest BCUT2D eigenvalue weighted by atomic mass is 35.5. The van der Waals surface area contributed by atoms with Crippen molar-refractivity contribution in [3.63, 3.8) is 0 Å². The number of likely N-dealkylation sites (tertiary alicyclic amines) is 1. The number of thiophene rings is 1. The molecule has 0 radical (unpaired) electrons. The van der Waals surface area contributed by atoms with Crippen LogP contribution in [0.1, 0.15) is 37.0 Å². The second-order valence-corrected chi connectivity index (χ2v) is 10.1. The van der Waals surface area contributed by atoms with Gasteiger partial charge < -0.3 is 10.2 Å². The van der Waals surface area contributed by atoms with E-state index in [0.717, 1.165) is 50.1 Å². The fourth-order valence-corrected chi connectivity index (χ4v) is 6.71. The molecule has 0 saturated carbocycles. The average Bonchev–Trinajstić information content (AvgIpc) is 3.26. The predicted octanol–water partition coefficient (Wildman–Crippen LogP) is 2.10. The molecule has 148 valence electrons. The Morgan fingerprint density at radius 1 is 1.19 bits per heavy atom. The zero-order chi connectivity index (χ0) is 17.9. The van der Waals surface area contributed by atoms with E-state index >= 15 is 0 Å². The molecule has 0 bridgehead atoms. The second-order valence-electron chi connectivity index (χ2n) is 6.80. The molecule has 1 unspecified atom stereocenters. The quantitative estimate of drug-likeness (QED) is 0.763. The summed E-state index contributed by atoms with van der Waals surface area (Å²) in [6.07, 6.45) is 5.32. The van der Waals surface area contributed by atoms with Crippen LogP contribution in [0, 0.1) is 0 Å². The first-order valence-corrected chi connectivity index (χ1v) is 11.3. The fraction of sp³-hybridized carbons (Fsp3) is 0.706. The summed E-state index contributed by atoms with van der Waals surface area (Å²) in [7, 11) is -1.50. The second kappa shape index (κ2) is 9.50. The Bertz CT molecular complexity index is 702. The van der Waals surface area contributed by atoms with Gasteiger partial charge in [-0.2, -0.15) is 4.31 Å². The predicted molar refractivity (Wildman–Crippen MR) is 107 cm³/mol. The van der Waals surface area contributed by atoms with Crippen molar-refractivity contribution in [1.82, 2.24) is 14.5 Å². The van der Waals surface area contributed by atoms with Gasteiger partial charge in [0.2, 0.25) is 5.91 Å². The lowest BCUT2D eigenvalue weighted by Crippen LogP contribution is -2.41. The van der Waals surface area contributed by atoms with E-state index in [4.69, 9.17) is 0 Å². The molecular weight excluding hydrogens is 394 g/mol. The largest absolute Gasteiger partial charge is 0.338 e. The number of amides is 1. The van der Waals surface area contributed by atoms with Crippen LogP contribution in [0.15, 0.2) is 16.3 Å². The summed E-state index contributed by atoms with van der Waals surface area (Å²) in [6, 6.07) is 3.71. The van der Waals surface area contributed by atoms with Gasteiger partial charge in [0, 0.05) is 37.1 Å². The van der Waals surface area contributed by atoms with E-state index in [0.29, 0.717) is 23.7 Å². The van der Waals surface area contributed by atoms with Crippen LogP contribution in [0.4, 0.5) is 0 Å². The van der Waals surface area contributed by atoms with E-state index in [9.17, 15) is 13.2 Å². The van der Waals surface area contributed by atoms with E-state index in [-0.39, 0.29) is 24.4 Å². The molecule has 2 saturated heterocycles. The van der Waals surface area contributed by atoms with Crippen LogP contribution in [0.5, 0.6) is 0 Å². The fourth-order valence-electron chi connectivity index (χ4n) is 3.69. The Morgan fingerprint density at radius 2 is 1.92 bits per heavy atom. The Labute approximate surface area is 166 Å². The molecular formula is C17H28ClN3O3S2. The van der Waals surface area contributed by atoms with Crippen molar-refractivity contribution in [2.24, 2.45) is 0 Å². The van der Waals surface area contributed by atoms with Gasteiger partial charge in [-0.3, -0.25) is 4.79 Å². The number of hydrogen-bond acceptors (Lipinski definition) is 5. The van der Waals surface area contributed by atoms with E-state index in [1.54, 1.807) is 16.4 Å². The van der Waals surface area contributed by atoms with Crippen molar-refractivity contribution >= 4 is 39.7 Å². The standard InChI is InChI=1S/C17H27N3O3S2.ClH/c1-18-13-14-6-5-11-20(14)16(21)12-15-7-8-17(24-15)25(22,23)19-9-3-2-4-10-19;/h7-8,14,18H,2-6,9-13H2,1H3;1H. The first-order chi connectivity index (χ1) is 12.0. The number of piperidine rings is 1. The molecule has 1 amide bonds. The number of carbonyl (C=O) groups excluding carboxylic acids is 1. The molecule has 2 aliphatic rings. The van der Waals surface area contributed by atoms with Crippen LogP contribution in [-0.2, 0) is 21.2 Å². The summed E-state index contributed by atoms with van der Waals surface area (Å²) in [5, 5.41) is 3.14. The van der Waals surface area contributed by atoms with Crippen LogP contribution < -0.4 is 5.32 Å². The summed E-state index contributed by atoms with van der Waals surface area (Å²) in [5.41, 5.74) is 0. The maximum atomic E-state index is 12.7. The summed E-state index contributed by atoms with van der Waals surface area (Å²) in [4.78, 5) is 15.4. The Balaban J connectivity index is 0.00000243. The van der Waals surface area contributed by atoms with E-state index in [2.05, 4.69) is 5.32 Å². The van der Waals surface area contributed by atoms with Crippen molar-refractivity contribution in [3.8, 4) is 0 Å². The van der Waals surface area contributed by atoms with Crippen molar-refractivity contribution in [2.45, 2.75) is 48.8 Å². The van der Waals surface area contributed by atoms with Gasteiger partial charge in [-0.05, 0) is 44.9 Å². The topological polar surface area (TPSA) is 69.7 Å². The van der Waals surface area contributed by atoms with Gasteiger partial charge in [0.15, 0.2) is 0 Å². The summed E-state index contributed by atoms with van der Waals surface area (Å²) in [6.45, 7) is 2.82. The molecule has 0 spiro atoms. The highest BCUT2D eigenvalue weighted by Gasteiger charge is 2.30. The number of carbonyl (C=O) groups is 1. The average molecular weight is 422 g/mol. The highest BCUT2D eigenvalue weighted by molar-refractivity contribution is 7.91. The summed E-state index contributed by atoms with van der Waals surface area (Å²) < 4.78 is 27.4. The minimum absolute atomic E-state index is 0. The van der Waals surface area contributed by atoms with Gasteiger partial charge >= 0.3 is 0 Å². The molecule has 3 rings (SSSR count). The van der Waals surface area contributed by atoms with Crippen LogP contribution in [-0.4, -0.2) is 62.8 Å². The van der Waals surface area contributed by atoms with Gasteiger partial charge in [0.25, 0.3) is 10.0 Å². The maximum Gasteiger partial charge on any atom is 0.252 e. The smallest absolute Gasteiger partial charge is 0.252 e. The van der Waals surface area contributed by atoms with Crippen LogP contribution in [0.25, 0.3) is 0 Å². The first kappa shape index (κ1) is 21.6. The third-order valence-corrected chi connectivity index (χ3v) is 8.46. The lowest BCUT2D eigenvalue weighted by atomic mass is 10.2. The number of nitrogens with zero attached hydrogens (tertiary/aromatic N) is 2. The molecule has 2 fully saturated rings. The number of halogens is 1. The molecule has 0 aromatic carbocycles. The summed E-state index contributed by atoms with van der Waals surface area (Å²) in [5.74, 6) is 0.0986. The number of sulfonamides is 1. The number of rotatable bonds is 6. The minimum atomic E-state index is -3.40. The SMILES string of the molecule is CNCC1CCCN1C(=O)Cc1ccc(S(=O)(=O)N2CCCCC2)s1.Cl. The van der Waals surface area contributed by atoms with Crippen molar-refractivity contribution in [2.75, 3.05) is 33.2 Å². The van der Waals surface area contributed by atoms with Gasteiger partial charge in [-0.25, -0.2) is 8.42 Å². The van der Waals surface area contributed by atoms with Crippen molar-refractivity contribution < 1.29 is 13.2 Å². The van der Waals surface area contributed by atoms with E-state index in [1.165, 1.54) is 11.3 Å². The molecule has 6 nitrogen and oxygen atoms in total. The third-order valence-electron chi connectivity index (χ3n) is 5.01. The first-order valence-electron chi connectivity index (χ1n) is 9.05. The van der Waals surface area contributed by atoms with E-state index in [1.807, 2.05) is 11.9 Å². The highest BCUT2D eigenvalue weighted by Crippen LogP contribution is 2.28. The zero-order valence-corrected chi connectivity index (χ0v) is 17.6. The van der Waals surface area contributed by atoms with Crippen LogP contribution in [0.2, 0.25) is 0 Å². The Morgan fingerprint density at radius 3 is 2.62 bits per heavy atom. The molecule has 1 N–H and O–H groups in total. The monoisotopic (exact) mass is 421 g/mol. The minimum Gasteiger partial charge on any atom is -0.338 e. The lowest BCUT2D eigenvalue weighted by Gasteiger charge is -2.25. The van der Waals surface area contributed by atoms with Crippen molar-refractivity contribution in [3.05, 3.63) is 17.0 Å². The maximum absolute atomic E-state index is 12.7. The number of hydrogen-bond donors (Lipinski definition) is 1. The molecule has 2 aliphatic heterocycles. The van der Waals surface area contributed by atoms with Gasteiger partial charge in [-0.1, -0.05) is 6.42 Å². The van der Waals surface area contributed by atoms with Gasteiger partial charge in [0.1, 0.15) is 4.21 Å². The number of nitrogens with one attached hydrogen (secondary N) is 1. The Kier molecular flexibility index (Phi) is 7.90. The molecule has 26 heavy (non-hydrogen) atoms. The normalized spacial score (nSPS) is 21.6. The van der Waals surface area contributed by atoms with Gasteiger partial charge in [0.05, 0.1) is 6.42 Å². The lowest BCUT2D eigenvalue weighted by molar-refractivity contribution is -0.131. The van der Waals surface area contributed by atoms with Gasteiger partial charge in [-0.15, -0.1) is 23.7 Å². The zero-order valence-electron chi connectivity index (χ0n) is 15.1. The van der Waals surface area contributed by atoms with Crippen molar-refractivity contribution in [1.29, 1.82) is 0 Å². The number of likely N-dealkylation sites (N-methyl/N-ethyl adjacent to an activating group) is 1. The third kappa shape index (κ3) is 4.78. The molecule has 1 aromatic heterocycles. The molecule has 9 heteroatoms. The molecule has 1 atom stereocenters. The Hall–Kier alpha value is -0.670. The molecule has 1 aromatic rings. The molecule has 0 aliphatic carbocycles.